The summed E-state index contributed by atoms with van der Waals surface area (Å²) in [5, 5.41) is 0.123. The summed E-state index contributed by atoms with van der Waals surface area (Å²) in [6.07, 6.45) is 0.499. The minimum atomic E-state index is -0.381. The average molecular weight is 267 g/mol. The van der Waals surface area contributed by atoms with Crippen LogP contribution in [0.4, 0.5) is 4.39 Å². The van der Waals surface area contributed by atoms with Gasteiger partial charge in [0.15, 0.2) is 0 Å². The van der Waals surface area contributed by atoms with Crippen LogP contribution in [0.3, 0.4) is 0 Å². The second-order valence-corrected chi connectivity index (χ2v) is 4.25. The van der Waals surface area contributed by atoms with Gasteiger partial charge < -0.3 is 5.73 Å². The lowest BCUT2D eigenvalue weighted by Gasteiger charge is -2.08. The van der Waals surface area contributed by atoms with Crippen LogP contribution < -0.4 is 5.73 Å². The first-order valence-electron chi connectivity index (χ1n) is 3.90. The van der Waals surface area contributed by atoms with E-state index in [0.29, 0.717) is 16.5 Å². The number of hydrogen-bond acceptors (Lipinski definition) is 1. The van der Waals surface area contributed by atoms with Gasteiger partial charge in [-0.25, -0.2) is 4.39 Å². The fraction of sp³-hybridized carbons (Fsp3) is 0.333. The van der Waals surface area contributed by atoms with Gasteiger partial charge in [-0.2, -0.15) is 0 Å². The highest BCUT2D eigenvalue weighted by Gasteiger charge is 2.10. The van der Waals surface area contributed by atoms with E-state index in [1.165, 1.54) is 0 Å². The molecule has 1 atom stereocenters. The lowest BCUT2D eigenvalue weighted by molar-refractivity contribution is 0.596. The van der Waals surface area contributed by atoms with Gasteiger partial charge in [0, 0.05) is 10.5 Å². The lowest BCUT2D eigenvalue weighted by atomic mass is 10.1. The van der Waals surface area contributed by atoms with E-state index in [1.807, 2.05) is 6.92 Å². The largest absolute Gasteiger partial charge is 0.328 e. The molecule has 1 nitrogen and oxygen atoms in total. The molecular weight excluding hydrogens is 256 g/mol. The molecule has 2 N–H and O–H groups in total. The average Bonchev–Trinajstić information content (AvgIpc) is 2.06. The molecule has 0 aliphatic carbocycles. The molecule has 1 rings (SSSR count). The third-order valence-corrected chi connectivity index (χ3v) is 2.92. The minimum Gasteiger partial charge on any atom is -0.328 e. The van der Waals surface area contributed by atoms with Crippen molar-refractivity contribution in [3.8, 4) is 0 Å². The monoisotopic (exact) mass is 265 g/mol. The Balaban J connectivity index is 3.04. The third kappa shape index (κ3) is 2.66. The minimum absolute atomic E-state index is 0.0632. The Morgan fingerprint density at radius 3 is 2.77 bits per heavy atom. The smallest absolute Gasteiger partial charge is 0.146 e. The van der Waals surface area contributed by atoms with Gasteiger partial charge in [-0.1, -0.05) is 17.7 Å². The van der Waals surface area contributed by atoms with Gasteiger partial charge in [0.2, 0.25) is 0 Å². The summed E-state index contributed by atoms with van der Waals surface area (Å²) in [5.41, 5.74) is 6.12. The Kier molecular flexibility index (Phi) is 3.71. The van der Waals surface area contributed by atoms with E-state index < -0.39 is 0 Å². The van der Waals surface area contributed by atoms with Crippen molar-refractivity contribution in [2.45, 2.75) is 19.4 Å². The molecule has 0 heterocycles. The highest BCUT2D eigenvalue weighted by molar-refractivity contribution is 9.10. The molecule has 4 heteroatoms. The molecule has 0 aromatic heterocycles. The summed E-state index contributed by atoms with van der Waals surface area (Å²) < 4.78 is 14.0. The first kappa shape index (κ1) is 11.0. The Morgan fingerprint density at radius 2 is 2.23 bits per heavy atom. The summed E-state index contributed by atoms with van der Waals surface area (Å²) in [4.78, 5) is 0. The molecule has 0 fully saturated rings. The molecule has 1 unspecified atom stereocenters. The Morgan fingerprint density at radius 1 is 1.62 bits per heavy atom. The van der Waals surface area contributed by atoms with E-state index in [1.54, 1.807) is 12.1 Å². The molecule has 0 radical (unpaired) electrons. The van der Waals surface area contributed by atoms with Gasteiger partial charge in [-0.3, -0.25) is 0 Å². The van der Waals surface area contributed by atoms with Crippen molar-refractivity contribution in [2.24, 2.45) is 5.73 Å². The van der Waals surface area contributed by atoms with Crippen LogP contribution in [0.2, 0.25) is 5.02 Å². The predicted octanol–water partition coefficient (Wildman–Crippen LogP) is 3.13. The van der Waals surface area contributed by atoms with Crippen molar-refractivity contribution < 1.29 is 4.39 Å². The van der Waals surface area contributed by atoms with Crippen molar-refractivity contribution in [3.63, 3.8) is 0 Å². The second-order valence-electron chi connectivity index (χ2n) is 3.02. The molecule has 0 amide bonds. The highest BCUT2D eigenvalue weighted by atomic mass is 79.9. The molecule has 0 saturated carbocycles. The number of benzene rings is 1. The van der Waals surface area contributed by atoms with Crippen molar-refractivity contribution >= 4 is 27.5 Å². The summed E-state index contributed by atoms with van der Waals surface area (Å²) in [6, 6.07) is 3.35. The fourth-order valence-corrected chi connectivity index (χ4v) is 1.56. The zero-order chi connectivity index (χ0) is 10.0. The summed E-state index contributed by atoms with van der Waals surface area (Å²) in [6.45, 7) is 1.83. The normalized spacial score (nSPS) is 13.0. The molecule has 1 aromatic carbocycles. The maximum absolute atomic E-state index is 13.4. The van der Waals surface area contributed by atoms with Crippen LogP contribution in [-0.2, 0) is 6.42 Å². The molecule has 0 saturated heterocycles. The first-order valence-corrected chi connectivity index (χ1v) is 5.07. The van der Waals surface area contributed by atoms with Gasteiger partial charge in [-0.15, -0.1) is 0 Å². The Bertz CT molecular complexity index is 315. The Hall–Kier alpha value is -0.120. The van der Waals surface area contributed by atoms with Gasteiger partial charge >= 0.3 is 0 Å². The van der Waals surface area contributed by atoms with Crippen LogP contribution in [-0.4, -0.2) is 6.04 Å². The van der Waals surface area contributed by atoms with Gasteiger partial charge in [-0.05, 0) is 40.9 Å². The maximum atomic E-state index is 13.4. The first-order chi connectivity index (χ1) is 6.02. The maximum Gasteiger partial charge on any atom is 0.146 e. The van der Waals surface area contributed by atoms with Crippen molar-refractivity contribution in [2.75, 3.05) is 0 Å². The molecule has 0 spiro atoms. The van der Waals surface area contributed by atoms with Crippen LogP contribution in [0.5, 0.6) is 0 Å². The molecule has 13 heavy (non-hydrogen) atoms. The molecule has 0 bridgehead atoms. The van der Waals surface area contributed by atoms with Crippen molar-refractivity contribution in [1.82, 2.24) is 0 Å². The molecule has 72 valence electrons. The Labute approximate surface area is 90.2 Å². The van der Waals surface area contributed by atoms with Gasteiger partial charge in [0.05, 0.1) is 5.02 Å². The third-order valence-electron chi connectivity index (χ3n) is 1.66. The number of nitrogens with two attached hydrogens (primary N) is 1. The van der Waals surface area contributed by atoms with E-state index in [-0.39, 0.29) is 16.9 Å². The standard InChI is InChI=1S/C9H10BrClFN/c1-5(13)4-6-2-3-7(10)8(11)9(6)12/h2-3,5H,4,13H2,1H3. The SMILES string of the molecule is CC(N)Cc1ccc(Br)c(Cl)c1F. The number of hydrogen-bond donors (Lipinski definition) is 1. The van der Waals surface area contributed by atoms with Crippen LogP contribution in [0, 0.1) is 5.82 Å². The molecule has 0 aliphatic heterocycles. The number of rotatable bonds is 2. The number of halogens is 3. The van der Waals surface area contributed by atoms with Gasteiger partial charge in [0.25, 0.3) is 0 Å². The van der Waals surface area contributed by atoms with Crippen LogP contribution in [0.25, 0.3) is 0 Å². The van der Waals surface area contributed by atoms with Crippen molar-refractivity contribution in [3.05, 3.63) is 33.0 Å². The van der Waals surface area contributed by atoms with E-state index in [4.69, 9.17) is 17.3 Å². The van der Waals surface area contributed by atoms with E-state index >= 15 is 0 Å². The van der Waals surface area contributed by atoms with E-state index in [2.05, 4.69) is 15.9 Å². The van der Waals surface area contributed by atoms with Crippen LogP contribution in [0.1, 0.15) is 12.5 Å². The molecule has 1 aromatic rings. The van der Waals surface area contributed by atoms with Crippen molar-refractivity contribution in [1.29, 1.82) is 0 Å². The second kappa shape index (κ2) is 4.40. The lowest BCUT2D eigenvalue weighted by Crippen LogP contribution is -2.18. The fourth-order valence-electron chi connectivity index (χ4n) is 1.07. The topological polar surface area (TPSA) is 26.0 Å². The van der Waals surface area contributed by atoms with Crippen LogP contribution in [0.15, 0.2) is 16.6 Å². The van der Waals surface area contributed by atoms with E-state index in [9.17, 15) is 4.39 Å². The van der Waals surface area contributed by atoms with E-state index in [0.717, 1.165) is 0 Å². The molecular formula is C9H10BrClFN. The van der Waals surface area contributed by atoms with Crippen LogP contribution >= 0.6 is 27.5 Å². The summed E-state index contributed by atoms with van der Waals surface area (Å²) >= 11 is 8.85. The quantitative estimate of drug-likeness (QED) is 0.818. The summed E-state index contributed by atoms with van der Waals surface area (Å²) in [7, 11) is 0. The highest BCUT2D eigenvalue weighted by Crippen LogP contribution is 2.27. The van der Waals surface area contributed by atoms with Gasteiger partial charge in [0.1, 0.15) is 5.82 Å². The summed E-state index contributed by atoms with van der Waals surface area (Å²) in [5.74, 6) is -0.381. The molecule has 0 aliphatic rings. The zero-order valence-electron chi connectivity index (χ0n) is 7.15. The predicted molar refractivity (Wildman–Crippen MR) is 56.5 cm³/mol. The zero-order valence-corrected chi connectivity index (χ0v) is 9.49.